The van der Waals surface area contributed by atoms with Crippen LogP contribution in [0, 0.1) is 12.8 Å². The highest BCUT2D eigenvalue weighted by Gasteiger charge is 2.25. The summed E-state index contributed by atoms with van der Waals surface area (Å²) >= 11 is 0. The van der Waals surface area contributed by atoms with Gasteiger partial charge in [-0.3, -0.25) is 0 Å². The van der Waals surface area contributed by atoms with Crippen LogP contribution in [0.3, 0.4) is 0 Å². The van der Waals surface area contributed by atoms with Crippen LogP contribution in [-0.2, 0) is 0 Å². The van der Waals surface area contributed by atoms with Gasteiger partial charge in [-0.05, 0) is 42.9 Å². The summed E-state index contributed by atoms with van der Waals surface area (Å²) in [6.07, 6.45) is 3.91. The number of methoxy groups -OCH3 is 1. The zero-order valence-electron chi connectivity index (χ0n) is 9.49. The second kappa shape index (κ2) is 4.23. The van der Waals surface area contributed by atoms with Crippen LogP contribution in [0.15, 0.2) is 18.2 Å². The fraction of sp³-hybridized carbons (Fsp3) is 0.538. The van der Waals surface area contributed by atoms with Gasteiger partial charge in [0.25, 0.3) is 0 Å². The summed E-state index contributed by atoms with van der Waals surface area (Å²) < 4.78 is 5.24. The molecule has 1 aliphatic carbocycles. The quantitative estimate of drug-likeness (QED) is 0.823. The maximum absolute atomic E-state index is 6.22. The number of aryl methyl sites for hydroxylation is 1. The smallest absolute Gasteiger partial charge is 0.121 e. The fourth-order valence-electron chi connectivity index (χ4n) is 2.18. The zero-order chi connectivity index (χ0) is 10.8. The molecule has 0 bridgehead atoms. The van der Waals surface area contributed by atoms with Crippen LogP contribution in [0.2, 0.25) is 0 Å². The van der Waals surface area contributed by atoms with E-state index in [4.69, 9.17) is 10.5 Å². The first kappa shape index (κ1) is 10.5. The van der Waals surface area contributed by atoms with Gasteiger partial charge in [0.05, 0.1) is 7.11 Å². The molecule has 0 heterocycles. The van der Waals surface area contributed by atoms with Crippen molar-refractivity contribution in [2.75, 3.05) is 7.11 Å². The Hall–Kier alpha value is -1.02. The molecule has 1 aromatic carbocycles. The van der Waals surface area contributed by atoms with Crippen molar-refractivity contribution in [2.45, 2.75) is 32.2 Å². The summed E-state index contributed by atoms with van der Waals surface area (Å²) in [6.45, 7) is 2.07. The van der Waals surface area contributed by atoms with Crippen molar-refractivity contribution < 1.29 is 4.74 Å². The molecule has 1 saturated carbocycles. The van der Waals surface area contributed by atoms with Crippen molar-refractivity contribution in [2.24, 2.45) is 11.7 Å². The molecule has 0 radical (unpaired) electrons. The maximum Gasteiger partial charge on any atom is 0.121 e. The third-order valence-corrected chi connectivity index (χ3v) is 3.46. The number of benzene rings is 1. The Bertz CT molecular complexity index is 344. The van der Waals surface area contributed by atoms with Gasteiger partial charge in [-0.25, -0.2) is 0 Å². The average molecular weight is 205 g/mol. The first-order valence-corrected chi connectivity index (χ1v) is 5.62. The van der Waals surface area contributed by atoms with Gasteiger partial charge in [0.15, 0.2) is 0 Å². The summed E-state index contributed by atoms with van der Waals surface area (Å²) in [4.78, 5) is 0. The molecule has 1 atom stereocenters. The van der Waals surface area contributed by atoms with Crippen LogP contribution in [-0.4, -0.2) is 7.11 Å². The molecule has 2 N–H and O–H groups in total. The summed E-state index contributed by atoms with van der Waals surface area (Å²) in [5, 5.41) is 0. The number of ether oxygens (including phenoxy) is 1. The molecule has 2 heteroatoms. The van der Waals surface area contributed by atoms with E-state index in [1.165, 1.54) is 30.4 Å². The van der Waals surface area contributed by atoms with Gasteiger partial charge in [-0.1, -0.05) is 18.6 Å². The lowest BCUT2D eigenvalue weighted by molar-refractivity contribution is 0.264. The van der Waals surface area contributed by atoms with Crippen LogP contribution in [0.1, 0.15) is 36.4 Å². The molecule has 0 aromatic heterocycles. The minimum atomic E-state index is 0.211. The molecule has 82 valence electrons. The van der Waals surface area contributed by atoms with Crippen molar-refractivity contribution in [1.82, 2.24) is 0 Å². The highest BCUT2D eigenvalue weighted by molar-refractivity contribution is 5.37. The van der Waals surface area contributed by atoms with E-state index in [2.05, 4.69) is 19.1 Å². The van der Waals surface area contributed by atoms with E-state index >= 15 is 0 Å². The Morgan fingerprint density at radius 1 is 1.40 bits per heavy atom. The number of hydrogen-bond donors (Lipinski definition) is 1. The standard InChI is InChI=1S/C13H19NO/c1-9-8-11(6-7-12(9)15-2)13(14)10-4-3-5-10/h6-8,10,13H,3-5,14H2,1-2H3. The van der Waals surface area contributed by atoms with Gasteiger partial charge in [0.2, 0.25) is 0 Å². The van der Waals surface area contributed by atoms with Gasteiger partial charge < -0.3 is 10.5 Å². The summed E-state index contributed by atoms with van der Waals surface area (Å²) in [5.74, 6) is 1.64. The van der Waals surface area contributed by atoms with Crippen molar-refractivity contribution in [1.29, 1.82) is 0 Å². The monoisotopic (exact) mass is 205 g/mol. The highest BCUT2D eigenvalue weighted by Crippen LogP contribution is 2.36. The van der Waals surface area contributed by atoms with E-state index in [0.29, 0.717) is 5.92 Å². The predicted molar refractivity (Wildman–Crippen MR) is 62.0 cm³/mol. The van der Waals surface area contributed by atoms with Gasteiger partial charge in [-0.2, -0.15) is 0 Å². The zero-order valence-corrected chi connectivity index (χ0v) is 9.49. The molecule has 0 spiro atoms. The van der Waals surface area contributed by atoms with Crippen molar-refractivity contribution in [3.8, 4) is 5.75 Å². The first-order chi connectivity index (χ1) is 7.22. The molecule has 15 heavy (non-hydrogen) atoms. The lowest BCUT2D eigenvalue weighted by Gasteiger charge is -2.31. The molecule has 0 aliphatic heterocycles. The molecule has 2 rings (SSSR count). The maximum atomic E-state index is 6.22. The van der Waals surface area contributed by atoms with Gasteiger partial charge >= 0.3 is 0 Å². The second-order valence-electron chi connectivity index (χ2n) is 4.45. The van der Waals surface area contributed by atoms with E-state index in [9.17, 15) is 0 Å². The SMILES string of the molecule is COc1ccc(C(N)C2CCC2)cc1C. The topological polar surface area (TPSA) is 35.2 Å². The Kier molecular flexibility index (Phi) is 2.96. The van der Waals surface area contributed by atoms with Crippen LogP contribution >= 0.6 is 0 Å². The third kappa shape index (κ3) is 2.00. The Morgan fingerprint density at radius 3 is 2.60 bits per heavy atom. The van der Waals surface area contributed by atoms with E-state index in [0.717, 1.165) is 5.75 Å². The van der Waals surface area contributed by atoms with Crippen LogP contribution in [0.5, 0.6) is 5.75 Å². The fourth-order valence-corrected chi connectivity index (χ4v) is 2.18. The molecule has 0 saturated heterocycles. The van der Waals surface area contributed by atoms with E-state index in [-0.39, 0.29) is 6.04 Å². The Labute approximate surface area is 91.4 Å². The Morgan fingerprint density at radius 2 is 2.13 bits per heavy atom. The minimum Gasteiger partial charge on any atom is -0.496 e. The largest absolute Gasteiger partial charge is 0.496 e. The van der Waals surface area contributed by atoms with E-state index < -0.39 is 0 Å². The molecular weight excluding hydrogens is 186 g/mol. The van der Waals surface area contributed by atoms with Gasteiger partial charge in [-0.15, -0.1) is 0 Å². The third-order valence-electron chi connectivity index (χ3n) is 3.46. The van der Waals surface area contributed by atoms with Crippen LogP contribution < -0.4 is 10.5 Å². The number of hydrogen-bond acceptors (Lipinski definition) is 2. The van der Waals surface area contributed by atoms with Crippen molar-refractivity contribution in [3.05, 3.63) is 29.3 Å². The second-order valence-corrected chi connectivity index (χ2v) is 4.45. The summed E-state index contributed by atoms with van der Waals surface area (Å²) in [7, 11) is 1.70. The minimum absolute atomic E-state index is 0.211. The highest BCUT2D eigenvalue weighted by atomic mass is 16.5. The molecule has 1 aromatic rings. The number of nitrogens with two attached hydrogens (primary N) is 1. The van der Waals surface area contributed by atoms with Crippen LogP contribution in [0.4, 0.5) is 0 Å². The molecule has 1 aliphatic rings. The summed E-state index contributed by atoms with van der Waals surface area (Å²) in [5.41, 5.74) is 8.64. The average Bonchev–Trinajstić information content (AvgIpc) is 2.15. The lowest BCUT2D eigenvalue weighted by Crippen LogP contribution is -2.26. The molecular formula is C13H19NO. The number of rotatable bonds is 3. The Balaban J connectivity index is 2.17. The molecule has 2 nitrogen and oxygen atoms in total. The lowest BCUT2D eigenvalue weighted by atomic mass is 9.77. The van der Waals surface area contributed by atoms with E-state index in [1.807, 2.05) is 6.07 Å². The van der Waals surface area contributed by atoms with Crippen molar-refractivity contribution in [3.63, 3.8) is 0 Å². The molecule has 1 fully saturated rings. The predicted octanol–water partition coefficient (Wildman–Crippen LogP) is 2.80. The summed E-state index contributed by atoms with van der Waals surface area (Å²) in [6, 6.07) is 6.48. The van der Waals surface area contributed by atoms with Crippen LogP contribution in [0.25, 0.3) is 0 Å². The van der Waals surface area contributed by atoms with Crippen molar-refractivity contribution >= 4 is 0 Å². The van der Waals surface area contributed by atoms with Gasteiger partial charge in [0, 0.05) is 6.04 Å². The van der Waals surface area contributed by atoms with E-state index in [1.54, 1.807) is 7.11 Å². The van der Waals surface area contributed by atoms with Gasteiger partial charge in [0.1, 0.15) is 5.75 Å². The normalized spacial score (nSPS) is 18.3. The molecule has 0 amide bonds. The first-order valence-electron chi connectivity index (χ1n) is 5.62. The molecule has 1 unspecified atom stereocenters.